The molecule has 0 spiro atoms. The van der Waals surface area contributed by atoms with Gasteiger partial charge in [0, 0.05) is 23.9 Å². The average molecular weight is 439 g/mol. The number of H-pyrrole nitrogens is 1. The maximum absolute atomic E-state index is 12.5. The van der Waals surface area contributed by atoms with E-state index in [1.807, 2.05) is 31.2 Å². The summed E-state index contributed by atoms with van der Waals surface area (Å²) in [5.41, 5.74) is 8.35. The van der Waals surface area contributed by atoms with Gasteiger partial charge in [0.25, 0.3) is 0 Å². The standard InChI is InChI=1S/C22H30N2O5.ClH/c1-2-19-20(8-5-16-3-6-17(7-4-16)27-10-9-23)24-22(13-21(19)25)29-15-18-14-26-11-12-28-18;/h3-4,6-7,13,18H,2,5,8-12,14-15,23H2,1H3,(H,24,25);1H. The van der Waals surface area contributed by atoms with Gasteiger partial charge in [-0.1, -0.05) is 19.1 Å². The third-order valence-corrected chi connectivity index (χ3v) is 4.83. The van der Waals surface area contributed by atoms with E-state index in [1.54, 1.807) is 0 Å². The summed E-state index contributed by atoms with van der Waals surface area (Å²) < 4.78 is 22.3. The molecule has 1 saturated heterocycles. The zero-order valence-corrected chi connectivity index (χ0v) is 18.2. The van der Waals surface area contributed by atoms with Crippen molar-refractivity contribution in [1.82, 2.24) is 4.98 Å². The molecule has 1 aromatic heterocycles. The number of nitrogens with one attached hydrogen (secondary N) is 1. The first kappa shape index (κ1) is 24.2. The Morgan fingerprint density at radius 3 is 2.63 bits per heavy atom. The van der Waals surface area contributed by atoms with Gasteiger partial charge in [0.1, 0.15) is 25.1 Å². The predicted octanol–water partition coefficient (Wildman–Crippen LogP) is 2.28. The van der Waals surface area contributed by atoms with Gasteiger partial charge in [-0.25, -0.2) is 0 Å². The molecule has 1 aliphatic rings. The first-order valence-electron chi connectivity index (χ1n) is 10.2. The second-order valence-corrected chi connectivity index (χ2v) is 6.97. The molecule has 0 amide bonds. The molecule has 0 saturated carbocycles. The van der Waals surface area contributed by atoms with Crippen LogP contribution in [0, 0.1) is 0 Å². The van der Waals surface area contributed by atoms with Crippen molar-refractivity contribution in [3.8, 4) is 11.6 Å². The summed E-state index contributed by atoms with van der Waals surface area (Å²) >= 11 is 0. The lowest BCUT2D eigenvalue weighted by Crippen LogP contribution is -2.33. The molecule has 7 nitrogen and oxygen atoms in total. The minimum Gasteiger partial charge on any atom is -0.492 e. The number of benzene rings is 1. The number of aromatic amines is 1. The van der Waals surface area contributed by atoms with E-state index in [0.29, 0.717) is 51.9 Å². The molecule has 1 fully saturated rings. The molecule has 1 atom stereocenters. The minimum atomic E-state index is -0.110. The number of ether oxygens (including phenoxy) is 4. The van der Waals surface area contributed by atoms with Crippen LogP contribution >= 0.6 is 12.4 Å². The number of nitrogens with two attached hydrogens (primary N) is 1. The maximum atomic E-state index is 12.5. The SMILES string of the molecule is CCc1c(CCc2ccc(OCCN)cc2)[nH]c(OCC2COCCO2)cc1=O.Cl. The Labute approximate surface area is 183 Å². The van der Waals surface area contributed by atoms with E-state index in [4.69, 9.17) is 24.7 Å². The van der Waals surface area contributed by atoms with Crippen LogP contribution in [-0.4, -0.2) is 50.7 Å². The van der Waals surface area contributed by atoms with Crippen molar-refractivity contribution in [2.24, 2.45) is 5.73 Å². The summed E-state index contributed by atoms with van der Waals surface area (Å²) in [4.78, 5) is 15.8. The Balaban J connectivity index is 0.00000320. The second-order valence-electron chi connectivity index (χ2n) is 6.97. The third-order valence-electron chi connectivity index (χ3n) is 4.83. The molecule has 166 valence electrons. The minimum absolute atomic E-state index is 0. The van der Waals surface area contributed by atoms with Crippen molar-refractivity contribution < 1.29 is 18.9 Å². The topological polar surface area (TPSA) is 95.8 Å². The van der Waals surface area contributed by atoms with Gasteiger partial charge in [-0.15, -0.1) is 12.4 Å². The molecule has 2 aromatic rings. The van der Waals surface area contributed by atoms with E-state index in [1.165, 1.54) is 11.6 Å². The molecule has 0 bridgehead atoms. The summed E-state index contributed by atoms with van der Waals surface area (Å²) in [5.74, 6) is 1.29. The van der Waals surface area contributed by atoms with Crippen LogP contribution in [0.1, 0.15) is 23.7 Å². The third kappa shape index (κ3) is 7.02. The van der Waals surface area contributed by atoms with Gasteiger partial charge >= 0.3 is 0 Å². The summed E-state index contributed by atoms with van der Waals surface area (Å²) in [6.07, 6.45) is 2.10. The molecule has 1 aromatic carbocycles. The van der Waals surface area contributed by atoms with Crippen molar-refractivity contribution >= 4 is 12.4 Å². The highest BCUT2D eigenvalue weighted by molar-refractivity contribution is 5.85. The Bertz CT molecular complexity index is 819. The molecule has 30 heavy (non-hydrogen) atoms. The van der Waals surface area contributed by atoms with Crippen molar-refractivity contribution in [3.63, 3.8) is 0 Å². The number of halogens is 1. The molecule has 2 heterocycles. The molecular formula is C22H31ClN2O5. The number of hydrogen-bond acceptors (Lipinski definition) is 6. The van der Waals surface area contributed by atoms with Crippen molar-refractivity contribution in [1.29, 1.82) is 0 Å². The lowest BCUT2D eigenvalue weighted by Gasteiger charge is -2.23. The van der Waals surface area contributed by atoms with Crippen LogP contribution in [0.2, 0.25) is 0 Å². The number of rotatable bonds is 10. The van der Waals surface area contributed by atoms with Gasteiger partial charge in [-0.2, -0.15) is 0 Å². The fraction of sp³-hybridized carbons (Fsp3) is 0.500. The summed E-state index contributed by atoms with van der Waals surface area (Å²) in [5, 5.41) is 0. The van der Waals surface area contributed by atoms with Crippen LogP contribution in [0.3, 0.4) is 0 Å². The van der Waals surface area contributed by atoms with E-state index in [2.05, 4.69) is 4.98 Å². The largest absolute Gasteiger partial charge is 0.492 e. The molecule has 3 rings (SSSR count). The van der Waals surface area contributed by atoms with Gasteiger partial charge in [-0.3, -0.25) is 4.79 Å². The van der Waals surface area contributed by atoms with E-state index in [-0.39, 0.29) is 23.9 Å². The normalized spacial score (nSPS) is 16.0. The quantitative estimate of drug-likeness (QED) is 0.590. The van der Waals surface area contributed by atoms with Crippen LogP contribution in [0.15, 0.2) is 35.1 Å². The highest BCUT2D eigenvalue weighted by atomic mass is 35.5. The maximum Gasteiger partial charge on any atom is 0.194 e. The smallest absolute Gasteiger partial charge is 0.194 e. The fourth-order valence-corrected chi connectivity index (χ4v) is 3.31. The number of pyridine rings is 1. The van der Waals surface area contributed by atoms with Crippen molar-refractivity contribution in [2.45, 2.75) is 32.3 Å². The summed E-state index contributed by atoms with van der Waals surface area (Å²) in [6, 6.07) is 9.49. The number of aryl methyl sites for hydroxylation is 2. The average Bonchev–Trinajstić information content (AvgIpc) is 2.76. The number of aromatic nitrogens is 1. The Morgan fingerprint density at radius 1 is 1.17 bits per heavy atom. The molecular weight excluding hydrogens is 408 g/mol. The number of hydrogen-bond donors (Lipinski definition) is 2. The van der Waals surface area contributed by atoms with Crippen LogP contribution in [0.5, 0.6) is 11.6 Å². The second kappa shape index (κ2) is 12.6. The lowest BCUT2D eigenvalue weighted by atomic mass is 10.0. The Kier molecular flexibility index (Phi) is 10.2. The zero-order chi connectivity index (χ0) is 20.5. The highest BCUT2D eigenvalue weighted by Gasteiger charge is 2.16. The van der Waals surface area contributed by atoms with Gasteiger partial charge in [0.05, 0.1) is 19.8 Å². The van der Waals surface area contributed by atoms with Gasteiger partial charge < -0.3 is 29.7 Å². The molecule has 0 aliphatic carbocycles. The summed E-state index contributed by atoms with van der Waals surface area (Å²) in [6.45, 7) is 5.04. The van der Waals surface area contributed by atoms with Gasteiger partial charge in [-0.05, 0) is 37.0 Å². The van der Waals surface area contributed by atoms with E-state index in [0.717, 1.165) is 29.8 Å². The van der Waals surface area contributed by atoms with Crippen LogP contribution in [0.25, 0.3) is 0 Å². The first-order valence-corrected chi connectivity index (χ1v) is 10.2. The van der Waals surface area contributed by atoms with Gasteiger partial charge in [0.15, 0.2) is 11.3 Å². The van der Waals surface area contributed by atoms with E-state index < -0.39 is 0 Å². The predicted molar refractivity (Wildman–Crippen MR) is 118 cm³/mol. The Morgan fingerprint density at radius 2 is 1.97 bits per heavy atom. The van der Waals surface area contributed by atoms with Gasteiger partial charge in [0.2, 0.25) is 0 Å². The summed E-state index contributed by atoms with van der Waals surface area (Å²) in [7, 11) is 0. The molecule has 1 aliphatic heterocycles. The molecule has 0 radical (unpaired) electrons. The van der Waals surface area contributed by atoms with Crippen LogP contribution < -0.4 is 20.6 Å². The lowest BCUT2D eigenvalue weighted by molar-refractivity contribution is -0.102. The van der Waals surface area contributed by atoms with E-state index in [9.17, 15) is 4.79 Å². The van der Waals surface area contributed by atoms with Crippen LogP contribution in [0.4, 0.5) is 0 Å². The van der Waals surface area contributed by atoms with Crippen LogP contribution in [-0.2, 0) is 28.7 Å². The first-order chi connectivity index (χ1) is 14.2. The van der Waals surface area contributed by atoms with E-state index >= 15 is 0 Å². The molecule has 1 unspecified atom stereocenters. The van der Waals surface area contributed by atoms with Crippen molar-refractivity contribution in [2.75, 3.05) is 39.6 Å². The Hall–Kier alpha value is -2.06. The highest BCUT2D eigenvalue weighted by Crippen LogP contribution is 2.16. The van der Waals surface area contributed by atoms with Crippen molar-refractivity contribution in [3.05, 3.63) is 57.4 Å². The fourth-order valence-electron chi connectivity index (χ4n) is 3.31. The zero-order valence-electron chi connectivity index (χ0n) is 17.4. The molecule has 8 heteroatoms. The molecule has 3 N–H and O–H groups in total. The monoisotopic (exact) mass is 438 g/mol.